The number of hydrogen-bond acceptors (Lipinski definition) is 11. The maximum atomic E-state index is 14.3. The van der Waals surface area contributed by atoms with Crippen molar-refractivity contribution >= 4 is 36.6 Å². The molecule has 2 aromatic carbocycles. The second-order valence-electron chi connectivity index (χ2n) is 13.9. The summed E-state index contributed by atoms with van der Waals surface area (Å²) in [6, 6.07) is 9.18. The van der Waals surface area contributed by atoms with Crippen molar-refractivity contribution < 1.29 is 36.3 Å². The molecule has 0 unspecified atom stereocenters. The molecule has 2 fully saturated rings. The molecule has 0 spiro atoms. The number of anilines is 4. The normalized spacial score (nSPS) is 20.1. The fourth-order valence-corrected chi connectivity index (χ4v) is 9.37. The van der Waals surface area contributed by atoms with Crippen LogP contribution in [0.1, 0.15) is 78.1 Å². The molecule has 6 rings (SSSR count). The number of rotatable bonds is 13. The van der Waals surface area contributed by atoms with E-state index in [0.29, 0.717) is 41.3 Å². The zero-order valence-corrected chi connectivity index (χ0v) is 31.9. The number of hydrogen-bond donors (Lipinski definition) is 2. The van der Waals surface area contributed by atoms with E-state index in [1.165, 1.54) is 7.11 Å². The summed E-state index contributed by atoms with van der Waals surface area (Å²) < 4.78 is 72.5. The maximum Gasteiger partial charge on any atom is 0.421 e. The van der Waals surface area contributed by atoms with Gasteiger partial charge in [0.2, 0.25) is 5.95 Å². The fourth-order valence-electron chi connectivity index (χ4n) is 7.68. The monoisotopic (exact) mass is 759 g/mol. The number of aromatic nitrogens is 2. The van der Waals surface area contributed by atoms with Crippen LogP contribution >= 0.6 is 7.60 Å². The Bertz CT molecular complexity index is 1820. The molecule has 2 N–H and O–H groups in total. The minimum Gasteiger partial charge on any atom is -0.495 e. The molecule has 12 nitrogen and oxygen atoms in total. The standard InChI is InChI=1S/C37H49F3N7O5P/c1-6-51-53(49,52-7-2)23-24-8-14-30(32(20-24)50-5)43-36-41-21-29(37(38,39)40)34(44-36)42-31-15-13-27(28-22-46(4)35(48)33(28)31)25-9-11-26(12-10-25)47-18-16-45(3)17-19-47/h8,13-15,20-21,25-26H,6-7,9-12,16-19,22-23H2,1-5H3,(H2,41,42,43,44). The van der Waals surface area contributed by atoms with Gasteiger partial charge in [0.1, 0.15) is 17.1 Å². The summed E-state index contributed by atoms with van der Waals surface area (Å²) in [4.78, 5) is 28.3. The lowest BCUT2D eigenvalue weighted by Gasteiger charge is -2.41. The Morgan fingerprint density at radius 3 is 2.26 bits per heavy atom. The first-order valence-corrected chi connectivity index (χ1v) is 19.9. The topological polar surface area (TPSA) is 121 Å². The summed E-state index contributed by atoms with van der Waals surface area (Å²) in [6.45, 7) is 8.58. The van der Waals surface area contributed by atoms with Crippen LogP contribution < -0.4 is 15.4 Å². The SMILES string of the molecule is CCOP(=O)(Cc1ccc(Nc2ncc(C(F)(F)F)c(Nc3ccc(C4CCC(N5CCN(C)CC5)CC4)c4c3C(=O)N(C)C4)n2)c(OC)c1)OCC. The molecule has 53 heavy (non-hydrogen) atoms. The first-order chi connectivity index (χ1) is 25.3. The second-order valence-corrected chi connectivity index (χ2v) is 16.0. The van der Waals surface area contributed by atoms with Crippen LogP contribution in [-0.4, -0.2) is 97.2 Å². The predicted octanol–water partition coefficient (Wildman–Crippen LogP) is 7.62. The fraction of sp³-hybridized carbons (Fsp3) is 0.541. The van der Waals surface area contributed by atoms with Crippen molar-refractivity contribution in [2.75, 3.05) is 71.2 Å². The Morgan fingerprint density at radius 2 is 1.62 bits per heavy atom. The first kappa shape index (κ1) is 39.0. The number of benzene rings is 2. The molecule has 2 aliphatic heterocycles. The third kappa shape index (κ3) is 8.81. The van der Waals surface area contributed by atoms with E-state index in [4.69, 9.17) is 13.8 Å². The van der Waals surface area contributed by atoms with Gasteiger partial charge >= 0.3 is 13.8 Å². The molecule has 1 saturated heterocycles. The summed E-state index contributed by atoms with van der Waals surface area (Å²) >= 11 is 0. The number of ether oxygens (including phenoxy) is 1. The number of fused-ring (bicyclic) bond motifs is 1. The molecule has 1 aliphatic carbocycles. The van der Waals surface area contributed by atoms with E-state index in [1.54, 1.807) is 50.1 Å². The molecular weight excluding hydrogens is 710 g/mol. The van der Waals surface area contributed by atoms with E-state index in [0.717, 1.165) is 63.0 Å². The Labute approximate surface area is 308 Å². The Hall–Kier alpha value is -3.75. The van der Waals surface area contributed by atoms with Crippen LogP contribution in [-0.2, 0) is 32.5 Å². The number of carbonyl (C=O) groups excluding carboxylic acids is 1. The zero-order chi connectivity index (χ0) is 37.9. The highest BCUT2D eigenvalue weighted by molar-refractivity contribution is 7.53. The average molecular weight is 760 g/mol. The van der Waals surface area contributed by atoms with Crippen molar-refractivity contribution in [3.8, 4) is 5.75 Å². The number of methoxy groups -OCH3 is 1. The molecule has 0 bridgehead atoms. The lowest BCUT2D eigenvalue weighted by atomic mass is 9.78. The third-order valence-corrected chi connectivity index (χ3v) is 12.4. The van der Waals surface area contributed by atoms with Crippen LogP contribution in [0.15, 0.2) is 36.5 Å². The van der Waals surface area contributed by atoms with Gasteiger partial charge in [-0.2, -0.15) is 18.2 Å². The zero-order valence-electron chi connectivity index (χ0n) is 31.0. The van der Waals surface area contributed by atoms with Crippen molar-refractivity contribution in [3.05, 3.63) is 64.3 Å². The average Bonchev–Trinajstić information content (AvgIpc) is 3.43. The van der Waals surface area contributed by atoms with E-state index in [2.05, 4.69) is 37.4 Å². The summed E-state index contributed by atoms with van der Waals surface area (Å²) in [5, 5.41) is 5.82. The van der Waals surface area contributed by atoms with Crippen LogP contribution in [0, 0.1) is 0 Å². The van der Waals surface area contributed by atoms with E-state index in [1.807, 2.05) is 6.07 Å². The lowest BCUT2D eigenvalue weighted by molar-refractivity contribution is -0.137. The molecule has 0 radical (unpaired) electrons. The van der Waals surface area contributed by atoms with Crippen LogP contribution in [0.3, 0.4) is 0 Å². The molecule has 0 atom stereocenters. The van der Waals surface area contributed by atoms with Crippen LogP contribution in [0.5, 0.6) is 5.75 Å². The van der Waals surface area contributed by atoms with Gasteiger partial charge in [0, 0.05) is 52.0 Å². The van der Waals surface area contributed by atoms with Crippen LogP contribution in [0.4, 0.5) is 36.3 Å². The van der Waals surface area contributed by atoms with Gasteiger partial charge in [-0.25, -0.2) is 4.98 Å². The summed E-state index contributed by atoms with van der Waals surface area (Å²) in [6.07, 6.45) is 0.0834. The molecule has 1 amide bonds. The van der Waals surface area contributed by atoms with Gasteiger partial charge in [-0.1, -0.05) is 12.1 Å². The number of amides is 1. The molecule has 288 valence electrons. The molecule has 3 aliphatic rings. The number of piperazine rings is 1. The highest BCUT2D eigenvalue weighted by Crippen LogP contribution is 2.52. The smallest absolute Gasteiger partial charge is 0.421 e. The van der Waals surface area contributed by atoms with Gasteiger partial charge < -0.3 is 34.2 Å². The number of nitrogens with zero attached hydrogens (tertiary/aromatic N) is 5. The first-order valence-electron chi connectivity index (χ1n) is 18.2. The Kier molecular flexibility index (Phi) is 12.0. The minimum absolute atomic E-state index is 0.00502. The van der Waals surface area contributed by atoms with Gasteiger partial charge in [0.15, 0.2) is 0 Å². The number of likely N-dealkylation sites (N-methyl/N-ethyl adjacent to an activating group) is 1. The second kappa shape index (κ2) is 16.3. The quantitative estimate of drug-likeness (QED) is 0.168. The predicted molar refractivity (Wildman–Crippen MR) is 197 cm³/mol. The largest absolute Gasteiger partial charge is 0.495 e. The lowest BCUT2D eigenvalue weighted by Crippen LogP contribution is -2.49. The van der Waals surface area contributed by atoms with Gasteiger partial charge in [0.25, 0.3) is 5.91 Å². The Balaban J connectivity index is 1.25. The van der Waals surface area contributed by atoms with E-state index >= 15 is 0 Å². The molecule has 3 aromatic rings. The van der Waals surface area contributed by atoms with E-state index in [-0.39, 0.29) is 42.8 Å². The Morgan fingerprint density at radius 1 is 0.943 bits per heavy atom. The number of carbonyl (C=O) groups is 1. The molecule has 16 heteroatoms. The van der Waals surface area contributed by atoms with Crippen molar-refractivity contribution in [3.63, 3.8) is 0 Å². The van der Waals surface area contributed by atoms with Crippen LogP contribution in [0.2, 0.25) is 0 Å². The van der Waals surface area contributed by atoms with Crippen molar-refractivity contribution in [1.29, 1.82) is 0 Å². The number of halogens is 3. The van der Waals surface area contributed by atoms with Crippen molar-refractivity contribution in [1.82, 2.24) is 24.7 Å². The summed E-state index contributed by atoms with van der Waals surface area (Å²) in [5.74, 6) is -0.285. The highest BCUT2D eigenvalue weighted by atomic mass is 31.2. The third-order valence-electron chi connectivity index (χ3n) is 10.4. The van der Waals surface area contributed by atoms with E-state index < -0.39 is 25.2 Å². The van der Waals surface area contributed by atoms with Gasteiger partial charge in [-0.15, -0.1) is 0 Å². The van der Waals surface area contributed by atoms with Crippen LogP contribution in [0.25, 0.3) is 0 Å². The molecule has 3 heterocycles. The number of nitrogens with one attached hydrogen (secondary N) is 2. The molecule has 1 aromatic heterocycles. The summed E-state index contributed by atoms with van der Waals surface area (Å²) in [7, 11) is 1.91. The van der Waals surface area contributed by atoms with Gasteiger partial charge in [-0.05, 0) is 87.4 Å². The number of alkyl halides is 3. The van der Waals surface area contributed by atoms with Gasteiger partial charge in [0.05, 0.1) is 43.4 Å². The maximum absolute atomic E-state index is 14.3. The molecule has 1 saturated carbocycles. The molecular formula is C37H49F3N7O5P. The van der Waals surface area contributed by atoms with E-state index in [9.17, 15) is 22.5 Å². The highest BCUT2D eigenvalue weighted by Gasteiger charge is 2.38. The summed E-state index contributed by atoms with van der Waals surface area (Å²) in [5.41, 5.74) is 2.49. The minimum atomic E-state index is -4.78. The van der Waals surface area contributed by atoms with Crippen molar-refractivity contribution in [2.45, 2.75) is 70.4 Å². The van der Waals surface area contributed by atoms with Gasteiger partial charge in [-0.3, -0.25) is 14.3 Å². The van der Waals surface area contributed by atoms with Crippen molar-refractivity contribution in [2.24, 2.45) is 0 Å².